The van der Waals surface area contributed by atoms with Gasteiger partial charge in [0.1, 0.15) is 12.4 Å². The number of carbonyl (C=O) groups excluding carboxylic acids is 1. The van der Waals surface area contributed by atoms with Gasteiger partial charge in [0.15, 0.2) is 0 Å². The number of rotatable bonds is 8. The van der Waals surface area contributed by atoms with Crippen LogP contribution in [0, 0.1) is 19.8 Å². The Bertz CT molecular complexity index is 1080. The first kappa shape index (κ1) is 24.8. The molecule has 0 saturated carbocycles. The Balaban J connectivity index is 1.50. The van der Waals surface area contributed by atoms with Gasteiger partial charge in [-0.15, -0.1) is 0 Å². The Labute approximate surface area is 199 Å². The van der Waals surface area contributed by atoms with Crippen molar-refractivity contribution in [3.05, 3.63) is 63.1 Å². The normalized spacial score (nSPS) is 17.2. The van der Waals surface area contributed by atoms with E-state index in [0.717, 1.165) is 11.3 Å². The summed E-state index contributed by atoms with van der Waals surface area (Å²) in [5.41, 5.74) is 2.78. The molecule has 1 amide bonds. The van der Waals surface area contributed by atoms with Crippen LogP contribution in [0.3, 0.4) is 0 Å². The van der Waals surface area contributed by atoms with E-state index in [1.54, 1.807) is 18.2 Å². The van der Waals surface area contributed by atoms with E-state index in [9.17, 15) is 13.2 Å². The maximum absolute atomic E-state index is 12.9. The van der Waals surface area contributed by atoms with Crippen molar-refractivity contribution in [1.82, 2.24) is 9.62 Å². The van der Waals surface area contributed by atoms with Crippen LogP contribution in [0.2, 0.25) is 10.0 Å². The number of ether oxygens (including phenoxy) is 1. The molecular weight excluding hydrogens is 471 g/mol. The highest BCUT2D eigenvalue weighted by molar-refractivity contribution is 7.88. The summed E-state index contributed by atoms with van der Waals surface area (Å²) >= 11 is 11.9. The zero-order valence-electron chi connectivity index (χ0n) is 18.2. The second kappa shape index (κ2) is 10.9. The number of amides is 1. The van der Waals surface area contributed by atoms with Gasteiger partial charge < -0.3 is 10.1 Å². The molecule has 3 rings (SSSR count). The number of carbonyl (C=O) groups is 1. The third-order valence-electron chi connectivity index (χ3n) is 5.47. The lowest BCUT2D eigenvalue weighted by atomic mass is 9.99. The van der Waals surface area contributed by atoms with Crippen molar-refractivity contribution in [1.29, 1.82) is 0 Å². The molecule has 1 unspecified atom stereocenters. The number of nitrogens with one attached hydrogen (secondary N) is 1. The predicted molar refractivity (Wildman–Crippen MR) is 128 cm³/mol. The summed E-state index contributed by atoms with van der Waals surface area (Å²) in [4.78, 5) is 12.6. The largest absolute Gasteiger partial charge is 0.491 e. The molecular formula is C23H28Cl2N2O4S. The van der Waals surface area contributed by atoms with Gasteiger partial charge in [-0.1, -0.05) is 47.0 Å². The topological polar surface area (TPSA) is 75.7 Å². The Morgan fingerprint density at radius 1 is 1.16 bits per heavy atom. The minimum atomic E-state index is -3.58. The van der Waals surface area contributed by atoms with Crippen LogP contribution >= 0.6 is 23.2 Å². The van der Waals surface area contributed by atoms with E-state index in [2.05, 4.69) is 5.32 Å². The lowest BCUT2D eigenvalue weighted by Gasteiger charge is -2.31. The third-order valence-corrected chi connectivity index (χ3v) is 8.03. The number of aryl methyl sites for hydroxylation is 2. The van der Waals surface area contributed by atoms with E-state index >= 15 is 0 Å². The Morgan fingerprint density at radius 3 is 2.66 bits per heavy atom. The fourth-order valence-corrected chi connectivity index (χ4v) is 5.70. The van der Waals surface area contributed by atoms with Gasteiger partial charge in [0.25, 0.3) is 0 Å². The second-order valence-electron chi connectivity index (χ2n) is 8.11. The predicted octanol–water partition coefficient (Wildman–Crippen LogP) is 4.35. The molecule has 1 aliphatic heterocycles. The summed E-state index contributed by atoms with van der Waals surface area (Å²) in [6.07, 6.45) is 1.29. The van der Waals surface area contributed by atoms with Crippen molar-refractivity contribution in [2.75, 3.05) is 26.2 Å². The summed E-state index contributed by atoms with van der Waals surface area (Å²) in [6, 6.07) is 10.7. The molecule has 1 aliphatic rings. The van der Waals surface area contributed by atoms with Crippen LogP contribution in [-0.4, -0.2) is 44.9 Å². The fraction of sp³-hybridized carbons (Fsp3) is 0.435. The number of benzene rings is 2. The molecule has 1 fully saturated rings. The van der Waals surface area contributed by atoms with Crippen molar-refractivity contribution in [2.45, 2.75) is 32.4 Å². The van der Waals surface area contributed by atoms with Gasteiger partial charge in [-0.05, 0) is 56.0 Å². The Hall–Kier alpha value is -1.80. The van der Waals surface area contributed by atoms with Gasteiger partial charge in [-0.25, -0.2) is 12.7 Å². The SMILES string of the molecule is Cc1ccc(OCCNC(=O)C2CCCN(S(=O)(=O)Cc3ccc(Cl)c(Cl)c3)C2)c(C)c1. The first-order valence-electron chi connectivity index (χ1n) is 10.6. The van der Waals surface area contributed by atoms with Crippen molar-refractivity contribution in [2.24, 2.45) is 5.92 Å². The van der Waals surface area contributed by atoms with E-state index in [-0.39, 0.29) is 24.1 Å². The first-order chi connectivity index (χ1) is 15.2. The average Bonchev–Trinajstić information content (AvgIpc) is 2.75. The van der Waals surface area contributed by atoms with Crippen molar-refractivity contribution < 1.29 is 17.9 Å². The fourth-order valence-electron chi connectivity index (χ4n) is 3.78. The Kier molecular flexibility index (Phi) is 8.44. The molecule has 32 heavy (non-hydrogen) atoms. The van der Waals surface area contributed by atoms with Crippen LogP contribution in [0.15, 0.2) is 36.4 Å². The summed E-state index contributed by atoms with van der Waals surface area (Å²) in [6.45, 7) is 5.29. The number of piperidine rings is 1. The monoisotopic (exact) mass is 498 g/mol. The zero-order valence-corrected chi connectivity index (χ0v) is 20.6. The van der Waals surface area contributed by atoms with E-state index in [1.807, 2.05) is 32.0 Å². The van der Waals surface area contributed by atoms with Gasteiger partial charge in [0.2, 0.25) is 15.9 Å². The van der Waals surface area contributed by atoms with Crippen LogP contribution in [0.1, 0.15) is 29.5 Å². The number of halogens is 2. The lowest BCUT2D eigenvalue weighted by Crippen LogP contribution is -2.46. The van der Waals surface area contributed by atoms with Crippen molar-refractivity contribution >= 4 is 39.1 Å². The molecule has 0 aliphatic carbocycles. The molecule has 9 heteroatoms. The molecule has 0 spiro atoms. The third kappa shape index (κ3) is 6.61. The molecule has 174 valence electrons. The van der Waals surface area contributed by atoms with Gasteiger partial charge >= 0.3 is 0 Å². The summed E-state index contributed by atoms with van der Waals surface area (Å²) in [5, 5.41) is 3.57. The van der Waals surface area contributed by atoms with Gasteiger partial charge in [-0.3, -0.25) is 4.79 Å². The van der Waals surface area contributed by atoms with E-state index in [4.69, 9.17) is 27.9 Å². The van der Waals surface area contributed by atoms with E-state index in [0.29, 0.717) is 48.1 Å². The molecule has 1 N–H and O–H groups in total. The quantitative estimate of drug-likeness (QED) is 0.549. The van der Waals surface area contributed by atoms with E-state index < -0.39 is 10.0 Å². The zero-order chi connectivity index (χ0) is 23.3. The van der Waals surface area contributed by atoms with Crippen LogP contribution in [0.25, 0.3) is 0 Å². The molecule has 0 radical (unpaired) electrons. The molecule has 2 aromatic rings. The summed E-state index contributed by atoms with van der Waals surface area (Å²) in [5.74, 6) is 0.0845. The average molecular weight is 499 g/mol. The van der Waals surface area contributed by atoms with Gasteiger partial charge in [-0.2, -0.15) is 0 Å². The second-order valence-corrected chi connectivity index (χ2v) is 10.9. The highest BCUT2D eigenvalue weighted by Gasteiger charge is 2.32. The molecule has 0 aromatic heterocycles. The van der Waals surface area contributed by atoms with Crippen molar-refractivity contribution in [3.8, 4) is 5.75 Å². The van der Waals surface area contributed by atoms with Crippen LogP contribution in [0.5, 0.6) is 5.75 Å². The smallest absolute Gasteiger partial charge is 0.224 e. The Morgan fingerprint density at radius 2 is 1.94 bits per heavy atom. The standard InChI is InChI=1S/C23H28Cl2N2O4S/c1-16-5-8-22(17(2)12-16)31-11-9-26-23(28)19-4-3-10-27(14-19)32(29,30)15-18-6-7-20(24)21(25)13-18/h5-8,12-13,19H,3-4,9-11,14-15H2,1-2H3,(H,26,28). The van der Waals surface area contributed by atoms with Crippen LogP contribution in [-0.2, 0) is 20.6 Å². The highest BCUT2D eigenvalue weighted by Crippen LogP contribution is 2.26. The first-order valence-corrected chi connectivity index (χ1v) is 12.9. The number of sulfonamides is 1. The molecule has 1 saturated heterocycles. The van der Waals surface area contributed by atoms with Gasteiger partial charge in [0.05, 0.1) is 28.3 Å². The number of nitrogens with zero attached hydrogens (tertiary/aromatic N) is 1. The van der Waals surface area contributed by atoms with Crippen molar-refractivity contribution in [3.63, 3.8) is 0 Å². The lowest BCUT2D eigenvalue weighted by molar-refractivity contribution is -0.126. The van der Waals surface area contributed by atoms with Gasteiger partial charge in [0, 0.05) is 13.1 Å². The van der Waals surface area contributed by atoms with E-state index in [1.165, 1.54) is 9.87 Å². The summed E-state index contributed by atoms with van der Waals surface area (Å²) < 4.78 is 32.9. The maximum Gasteiger partial charge on any atom is 0.224 e. The summed E-state index contributed by atoms with van der Waals surface area (Å²) in [7, 11) is -3.58. The molecule has 2 aromatic carbocycles. The molecule has 6 nitrogen and oxygen atoms in total. The minimum absolute atomic E-state index is 0.149. The molecule has 1 heterocycles. The molecule has 1 atom stereocenters. The number of hydrogen-bond acceptors (Lipinski definition) is 4. The van der Waals surface area contributed by atoms with Crippen LogP contribution < -0.4 is 10.1 Å². The molecule has 0 bridgehead atoms. The minimum Gasteiger partial charge on any atom is -0.491 e. The van der Waals surface area contributed by atoms with Crippen LogP contribution in [0.4, 0.5) is 0 Å². The number of hydrogen-bond donors (Lipinski definition) is 1. The highest BCUT2D eigenvalue weighted by atomic mass is 35.5. The maximum atomic E-state index is 12.9.